The van der Waals surface area contributed by atoms with E-state index in [1.54, 1.807) is 15.6 Å². The summed E-state index contributed by atoms with van der Waals surface area (Å²) < 4.78 is 7.85. The van der Waals surface area contributed by atoms with Crippen molar-refractivity contribution in [2.24, 2.45) is 0 Å². The third-order valence-corrected chi connectivity index (χ3v) is 4.81. The first-order chi connectivity index (χ1) is 12.6. The van der Waals surface area contributed by atoms with Crippen molar-refractivity contribution in [1.82, 2.24) is 14.9 Å². The Bertz CT molecular complexity index is 1000. The van der Waals surface area contributed by atoms with Crippen LogP contribution in [0.4, 0.5) is 5.69 Å². The topological polar surface area (TPSA) is 75.9 Å². The molecule has 3 aromatic rings. The van der Waals surface area contributed by atoms with Crippen molar-refractivity contribution >= 4 is 38.9 Å². The standard InChI is InChI=1S/C18H15BrN4O3/c19-13-4-3-8-23-17(13)12(10-21-23)18(25)20-7-9-22-14-5-1-2-6-15(14)26-11-16(22)24/h1-6,8,10H,7,9,11H2,(H,20,25). The van der Waals surface area contributed by atoms with Gasteiger partial charge in [0.1, 0.15) is 5.75 Å². The first-order valence-corrected chi connectivity index (χ1v) is 8.86. The zero-order valence-corrected chi connectivity index (χ0v) is 15.3. The lowest BCUT2D eigenvalue weighted by atomic mass is 10.2. The number of para-hydroxylation sites is 2. The van der Waals surface area contributed by atoms with Gasteiger partial charge < -0.3 is 15.0 Å². The Morgan fingerprint density at radius 2 is 2.12 bits per heavy atom. The second kappa shape index (κ2) is 6.80. The van der Waals surface area contributed by atoms with Crippen LogP contribution in [-0.4, -0.2) is 41.1 Å². The van der Waals surface area contributed by atoms with Crippen LogP contribution in [0, 0.1) is 0 Å². The van der Waals surface area contributed by atoms with E-state index in [0.717, 1.165) is 10.2 Å². The molecule has 0 aliphatic carbocycles. The summed E-state index contributed by atoms with van der Waals surface area (Å²) in [7, 11) is 0. The van der Waals surface area contributed by atoms with Crippen molar-refractivity contribution in [1.29, 1.82) is 0 Å². The number of amides is 2. The third kappa shape index (κ3) is 2.92. The number of ether oxygens (including phenoxy) is 1. The average molecular weight is 415 g/mol. The molecule has 1 aliphatic rings. The Balaban J connectivity index is 1.46. The maximum Gasteiger partial charge on any atom is 0.265 e. The van der Waals surface area contributed by atoms with Gasteiger partial charge in [0.25, 0.3) is 11.8 Å². The van der Waals surface area contributed by atoms with Gasteiger partial charge >= 0.3 is 0 Å². The minimum absolute atomic E-state index is 0.00591. The van der Waals surface area contributed by atoms with E-state index in [4.69, 9.17) is 4.74 Å². The first-order valence-electron chi connectivity index (χ1n) is 8.07. The third-order valence-electron chi connectivity index (χ3n) is 4.17. The molecular formula is C18H15BrN4O3. The highest BCUT2D eigenvalue weighted by Crippen LogP contribution is 2.31. The van der Waals surface area contributed by atoms with Gasteiger partial charge in [0.2, 0.25) is 0 Å². The number of aromatic nitrogens is 2. The summed E-state index contributed by atoms with van der Waals surface area (Å²) >= 11 is 3.44. The number of rotatable bonds is 4. The quantitative estimate of drug-likeness (QED) is 0.710. The Morgan fingerprint density at radius 1 is 1.27 bits per heavy atom. The Morgan fingerprint density at radius 3 is 3.00 bits per heavy atom. The van der Waals surface area contributed by atoms with Gasteiger partial charge in [-0.3, -0.25) is 9.59 Å². The van der Waals surface area contributed by atoms with Crippen LogP contribution in [0.2, 0.25) is 0 Å². The second-order valence-electron chi connectivity index (χ2n) is 5.77. The van der Waals surface area contributed by atoms with Crippen molar-refractivity contribution in [3.05, 3.63) is 58.8 Å². The maximum atomic E-state index is 12.5. The van der Waals surface area contributed by atoms with Crippen molar-refractivity contribution in [3.8, 4) is 5.75 Å². The van der Waals surface area contributed by atoms with Crippen LogP contribution in [0.25, 0.3) is 5.52 Å². The average Bonchev–Trinajstić information content (AvgIpc) is 3.09. The Hall–Kier alpha value is -2.87. The zero-order chi connectivity index (χ0) is 18.1. The van der Waals surface area contributed by atoms with E-state index in [9.17, 15) is 9.59 Å². The molecule has 1 aliphatic heterocycles. The summed E-state index contributed by atoms with van der Waals surface area (Å²) in [5.74, 6) is 0.308. The molecule has 0 spiro atoms. The van der Waals surface area contributed by atoms with Crippen LogP contribution in [0.15, 0.2) is 53.3 Å². The number of pyridine rings is 1. The van der Waals surface area contributed by atoms with Gasteiger partial charge in [-0.2, -0.15) is 5.10 Å². The van der Waals surface area contributed by atoms with Crippen molar-refractivity contribution < 1.29 is 14.3 Å². The molecular weight excluding hydrogens is 400 g/mol. The molecule has 0 fully saturated rings. The second-order valence-corrected chi connectivity index (χ2v) is 6.62. The SMILES string of the molecule is O=C(NCCN1C(=O)COc2ccccc21)c1cnn2cccc(Br)c12. The van der Waals surface area contributed by atoms with E-state index in [1.165, 1.54) is 6.20 Å². The van der Waals surface area contributed by atoms with Crippen LogP contribution in [-0.2, 0) is 4.79 Å². The molecule has 2 aromatic heterocycles. The lowest BCUT2D eigenvalue weighted by molar-refractivity contribution is -0.121. The predicted octanol–water partition coefficient (Wildman–Crippen LogP) is 2.25. The van der Waals surface area contributed by atoms with Gasteiger partial charge in [-0.1, -0.05) is 12.1 Å². The number of halogens is 1. The predicted molar refractivity (Wildman–Crippen MR) is 99.5 cm³/mol. The summed E-state index contributed by atoms with van der Waals surface area (Å²) in [5.41, 5.74) is 1.90. The molecule has 0 saturated heterocycles. The van der Waals surface area contributed by atoms with Gasteiger partial charge in [-0.25, -0.2) is 4.52 Å². The number of nitrogens with zero attached hydrogens (tertiary/aromatic N) is 3. The lowest BCUT2D eigenvalue weighted by Crippen LogP contribution is -2.43. The summed E-state index contributed by atoms with van der Waals surface area (Å²) in [5, 5.41) is 7.04. The van der Waals surface area contributed by atoms with Crippen molar-refractivity contribution in [2.75, 3.05) is 24.6 Å². The molecule has 0 bridgehead atoms. The Kier molecular flexibility index (Phi) is 4.34. The molecule has 0 saturated carbocycles. The van der Waals surface area contributed by atoms with Crippen molar-refractivity contribution in [2.45, 2.75) is 0 Å². The molecule has 132 valence electrons. The molecule has 4 rings (SSSR count). The van der Waals surface area contributed by atoms with Crippen LogP contribution in [0.3, 0.4) is 0 Å². The number of nitrogens with one attached hydrogen (secondary N) is 1. The summed E-state index contributed by atoms with van der Waals surface area (Å²) in [4.78, 5) is 26.3. The number of benzene rings is 1. The van der Waals surface area contributed by atoms with E-state index in [1.807, 2.05) is 36.4 Å². The molecule has 1 aromatic carbocycles. The lowest BCUT2D eigenvalue weighted by Gasteiger charge is -2.29. The van der Waals surface area contributed by atoms with Crippen LogP contribution in [0.1, 0.15) is 10.4 Å². The number of carbonyl (C=O) groups excluding carboxylic acids is 2. The van der Waals surface area contributed by atoms with Crippen LogP contribution in [0.5, 0.6) is 5.75 Å². The van der Waals surface area contributed by atoms with E-state index in [-0.39, 0.29) is 18.4 Å². The summed E-state index contributed by atoms with van der Waals surface area (Å²) in [6.07, 6.45) is 3.31. The maximum absolute atomic E-state index is 12.5. The monoisotopic (exact) mass is 414 g/mol. The van der Waals surface area contributed by atoms with Gasteiger partial charge in [0.15, 0.2) is 6.61 Å². The number of fused-ring (bicyclic) bond motifs is 2. The number of anilines is 1. The number of hydrogen-bond donors (Lipinski definition) is 1. The van der Waals surface area contributed by atoms with Gasteiger partial charge in [-0.15, -0.1) is 0 Å². The Labute approximate surface area is 157 Å². The summed E-state index contributed by atoms with van der Waals surface area (Å²) in [6.45, 7) is 0.692. The molecule has 7 nitrogen and oxygen atoms in total. The van der Waals surface area contributed by atoms with Gasteiger partial charge in [-0.05, 0) is 40.2 Å². The van der Waals surface area contributed by atoms with Gasteiger partial charge in [0.05, 0.1) is 23.0 Å². The molecule has 8 heteroatoms. The normalized spacial score (nSPS) is 13.4. The molecule has 2 amide bonds. The molecule has 3 heterocycles. The van der Waals surface area contributed by atoms with Crippen LogP contribution < -0.4 is 15.0 Å². The molecule has 26 heavy (non-hydrogen) atoms. The zero-order valence-electron chi connectivity index (χ0n) is 13.7. The number of hydrogen-bond acceptors (Lipinski definition) is 4. The fourth-order valence-electron chi connectivity index (χ4n) is 2.94. The first kappa shape index (κ1) is 16.6. The fraction of sp³-hybridized carbons (Fsp3) is 0.167. The highest BCUT2D eigenvalue weighted by atomic mass is 79.9. The minimum atomic E-state index is -0.235. The smallest absolute Gasteiger partial charge is 0.265 e. The van der Waals surface area contributed by atoms with E-state index in [0.29, 0.717) is 29.9 Å². The largest absolute Gasteiger partial charge is 0.482 e. The summed E-state index contributed by atoms with van der Waals surface area (Å²) in [6, 6.07) is 11.1. The molecule has 0 atom stereocenters. The molecule has 0 radical (unpaired) electrons. The van der Waals surface area contributed by atoms with Crippen molar-refractivity contribution in [3.63, 3.8) is 0 Å². The highest BCUT2D eigenvalue weighted by molar-refractivity contribution is 9.10. The van der Waals surface area contributed by atoms with Crippen LogP contribution >= 0.6 is 15.9 Å². The highest BCUT2D eigenvalue weighted by Gasteiger charge is 2.25. The van der Waals surface area contributed by atoms with E-state index >= 15 is 0 Å². The van der Waals surface area contributed by atoms with E-state index < -0.39 is 0 Å². The van der Waals surface area contributed by atoms with E-state index in [2.05, 4.69) is 26.3 Å². The molecule has 0 unspecified atom stereocenters. The van der Waals surface area contributed by atoms with Gasteiger partial charge in [0, 0.05) is 23.8 Å². The minimum Gasteiger partial charge on any atom is -0.482 e. The fourth-order valence-corrected chi connectivity index (χ4v) is 3.49. The molecule has 1 N–H and O–H groups in total. The number of carbonyl (C=O) groups is 2.